The lowest BCUT2D eigenvalue weighted by Gasteiger charge is -2.36. The Morgan fingerprint density at radius 2 is 1.57 bits per heavy atom. The Bertz CT molecular complexity index is 318. The van der Waals surface area contributed by atoms with Gasteiger partial charge in [0.1, 0.15) is 0 Å². The van der Waals surface area contributed by atoms with Crippen molar-refractivity contribution >= 4 is 0 Å². The van der Waals surface area contributed by atoms with Crippen LogP contribution in [0.3, 0.4) is 0 Å². The van der Waals surface area contributed by atoms with Crippen LogP contribution in [0.1, 0.15) is 98.3 Å². The van der Waals surface area contributed by atoms with Crippen molar-refractivity contribution in [3.63, 3.8) is 0 Å². The van der Waals surface area contributed by atoms with E-state index in [1.807, 2.05) is 0 Å². The molecule has 5 unspecified atom stereocenters. The minimum Gasteiger partial charge on any atom is -0.327 e. The molecule has 2 aliphatic carbocycles. The third kappa shape index (κ3) is 4.97. The molecule has 0 aromatic rings. The van der Waals surface area contributed by atoms with Gasteiger partial charge in [0.05, 0.1) is 0 Å². The van der Waals surface area contributed by atoms with Crippen LogP contribution in [0.25, 0.3) is 0 Å². The number of rotatable bonds is 10. The molecule has 2 fully saturated rings. The van der Waals surface area contributed by atoms with Gasteiger partial charge in [0.25, 0.3) is 0 Å². The van der Waals surface area contributed by atoms with Crippen molar-refractivity contribution in [3.05, 3.63) is 0 Å². The van der Waals surface area contributed by atoms with Gasteiger partial charge >= 0.3 is 0 Å². The maximum atomic E-state index is 6.76. The summed E-state index contributed by atoms with van der Waals surface area (Å²) in [5.41, 5.74) is 6.76. The molecule has 5 atom stereocenters. The maximum absolute atomic E-state index is 6.76. The Morgan fingerprint density at radius 1 is 0.913 bits per heavy atom. The van der Waals surface area contributed by atoms with E-state index < -0.39 is 0 Å². The summed E-state index contributed by atoms with van der Waals surface area (Å²) in [4.78, 5) is 0. The third-order valence-electron chi connectivity index (χ3n) is 7.81. The van der Waals surface area contributed by atoms with Crippen molar-refractivity contribution in [2.75, 3.05) is 0 Å². The van der Waals surface area contributed by atoms with E-state index >= 15 is 0 Å². The SMILES string of the molecule is CCC(CC)C(C)C(N)C(C)C1CCCC1CCCC1CCC1. The first-order chi connectivity index (χ1) is 11.1. The van der Waals surface area contributed by atoms with Crippen LogP contribution >= 0.6 is 0 Å². The zero-order chi connectivity index (χ0) is 16.8. The zero-order valence-electron chi connectivity index (χ0n) is 16.4. The van der Waals surface area contributed by atoms with E-state index in [-0.39, 0.29) is 0 Å². The van der Waals surface area contributed by atoms with Gasteiger partial charge in [-0.25, -0.2) is 0 Å². The fourth-order valence-corrected chi connectivity index (χ4v) is 5.68. The topological polar surface area (TPSA) is 26.0 Å². The number of nitrogens with two attached hydrogens (primary N) is 1. The first-order valence-corrected chi connectivity index (χ1v) is 10.8. The summed E-state index contributed by atoms with van der Waals surface area (Å²) in [5.74, 6) is 5.17. The Balaban J connectivity index is 1.81. The van der Waals surface area contributed by atoms with Crippen molar-refractivity contribution < 1.29 is 0 Å². The molecule has 2 N–H and O–H groups in total. The Labute approximate surface area is 146 Å². The predicted molar refractivity (Wildman–Crippen MR) is 102 cm³/mol. The van der Waals surface area contributed by atoms with E-state index in [1.165, 1.54) is 70.6 Å². The highest BCUT2D eigenvalue weighted by Crippen LogP contribution is 2.43. The van der Waals surface area contributed by atoms with Gasteiger partial charge in [-0.15, -0.1) is 0 Å². The molecule has 0 aromatic carbocycles. The predicted octanol–water partition coefficient (Wildman–Crippen LogP) is 6.41. The largest absolute Gasteiger partial charge is 0.327 e. The van der Waals surface area contributed by atoms with Crippen molar-refractivity contribution in [1.82, 2.24) is 0 Å². The maximum Gasteiger partial charge on any atom is 0.00957 e. The summed E-state index contributed by atoms with van der Waals surface area (Å²) in [6, 6.07) is 0.400. The van der Waals surface area contributed by atoms with Gasteiger partial charge in [-0.3, -0.25) is 0 Å². The number of hydrogen-bond donors (Lipinski definition) is 1. The molecule has 23 heavy (non-hydrogen) atoms. The summed E-state index contributed by atoms with van der Waals surface area (Å²) >= 11 is 0. The van der Waals surface area contributed by atoms with Crippen molar-refractivity contribution in [1.29, 1.82) is 0 Å². The highest BCUT2D eigenvalue weighted by molar-refractivity contribution is 4.89. The van der Waals surface area contributed by atoms with Gasteiger partial charge in [0.15, 0.2) is 0 Å². The van der Waals surface area contributed by atoms with E-state index in [4.69, 9.17) is 5.73 Å². The second kappa shape index (κ2) is 9.44. The van der Waals surface area contributed by atoms with Crippen LogP contribution < -0.4 is 5.73 Å². The molecule has 2 rings (SSSR count). The lowest BCUT2D eigenvalue weighted by atomic mass is 9.72. The van der Waals surface area contributed by atoms with Gasteiger partial charge in [-0.1, -0.05) is 91.9 Å². The molecule has 1 heteroatoms. The van der Waals surface area contributed by atoms with Crippen LogP contribution in [-0.2, 0) is 0 Å². The summed E-state index contributed by atoms with van der Waals surface area (Å²) in [7, 11) is 0. The molecular weight excluding hydrogens is 278 g/mol. The second-order valence-electron chi connectivity index (χ2n) is 8.95. The first kappa shape index (κ1) is 19.3. The van der Waals surface area contributed by atoms with Gasteiger partial charge in [0.2, 0.25) is 0 Å². The molecule has 2 aliphatic rings. The molecule has 1 nitrogen and oxygen atoms in total. The lowest BCUT2D eigenvalue weighted by Crippen LogP contribution is -2.42. The molecule has 0 amide bonds. The normalized spacial score (nSPS) is 29.5. The molecule has 0 spiro atoms. The molecular formula is C22H43N. The van der Waals surface area contributed by atoms with Crippen molar-refractivity contribution in [3.8, 4) is 0 Å². The van der Waals surface area contributed by atoms with E-state index in [0.717, 1.165) is 23.7 Å². The second-order valence-corrected chi connectivity index (χ2v) is 8.95. The standard InChI is InChI=1S/C22H43N/c1-5-19(6-2)16(3)22(23)17(4)21-15-9-14-20(21)13-8-12-18-10-7-11-18/h16-22H,5-15,23H2,1-4H3. The van der Waals surface area contributed by atoms with Crippen molar-refractivity contribution in [2.45, 2.75) is 104 Å². The Morgan fingerprint density at radius 3 is 2.13 bits per heavy atom. The summed E-state index contributed by atoms with van der Waals surface area (Å²) < 4.78 is 0. The monoisotopic (exact) mass is 321 g/mol. The molecule has 0 heterocycles. The quantitative estimate of drug-likeness (QED) is 0.494. The zero-order valence-corrected chi connectivity index (χ0v) is 16.4. The van der Waals surface area contributed by atoms with E-state index in [1.54, 1.807) is 0 Å². The van der Waals surface area contributed by atoms with Crippen molar-refractivity contribution in [2.24, 2.45) is 41.2 Å². The summed E-state index contributed by atoms with van der Waals surface area (Å²) in [6.45, 7) is 9.56. The molecule has 136 valence electrons. The fourth-order valence-electron chi connectivity index (χ4n) is 5.68. The number of hydrogen-bond acceptors (Lipinski definition) is 1. The molecule has 0 saturated heterocycles. The van der Waals surface area contributed by atoms with Crippen LogP contribution in [0.5, 0.6) is 0 Å². The fraction of sp³-hybridized carbons (Fsp3) is 1.00. The highest BCUT2D eigenvalue weighted by atomic mass is 14.7. The van der Waals surface area contributed by atoms with E-state index in [0.29, 0.717) is 17.9 Å². The van der Waals surface area contributed by atoms with Crippen LogP contribution in [0.15, 0.2) is 0 Å². The summed E-state index contributed by atoms with van der Waals surface area (Å²) in [5, 5.41) is 0. The molecule has 2 saturated carbocycles. The average Bonchev–Trinajstić information content (AvgIpc) is 2.97. The van der Waals surface area contributed by atoms with E-state index in [2.05, 4.69) is 27.7 Å². The minimum atomic E-state index is 0.400. The third-order valence-corrected chi connectivity index (χ3v) is 7.81. The van der Waals surface area contributed by atoms with Gasteiger partial charge in [0, 0.05) is 6.04 Å². The molecule has 0 radical (unpaired) electrons. The van der Waals surface area contributed by atoms with Gasteiger partial charge in [-0.2, -0.15) is 0 Å². The average molecular weight is 322 g/mol. The smallest absolute Gasteiger partial charge is 0.00957 e. The first-order valence-electron chi connectivity index (χ1n) is 10.8. The lowest BCUT2D eigenvalue weighted by molar-refractivity contribution is 0.162. The van der Waals surface area contributed by atoms with Crippen LogP contribution in [0.2, 0.25) is 0 Å². The highest BCUT2D eigenvalue weighted by Gasteiger charge is 2.36. The van der Waals surface area contributed by atoms with Gasteiger partial charge < -0.3 is 5.73 Å². The summed E-state index contributed by atoms with van der Waals surface area (Å²) in [6.07, 6.45) is 15.9. The molecule has 0 aliphatic heterocycles. The van der Waals surface area contributed by atoms with Gasteiger partial charge in [-0.05, 0) is 41.9 Å². The minimum absolute atomic E-state index is 0.400. The van der Waals surface area contributed by atoms with E-state index in [9.17, 15) is 0 Å². The van der Waals surface area contributed by atoms with Crippen LogP contribution in [0, 0.1) is 35.5 Å². The molecule has 0 aromatic heterocycles. The Kier molecular flexibility index (Phi) is 7.92. The Hall–Kier alpha value is -0.0400. The van der Waals surface area contributed by atoms with Crippen LogP contribution in [0.4, 0.5) is 0 Å². The van der Waals surface area contributed by atoms with Crippen LogP contribution in [-0.4, -0.2) is 6.04 Å². The molecule has 0 bridgehead atoms.